The van der Waals surface area contributed by atoms with Crippen LogP contribution in [0.4, 0.5) is 8.78 Å². The van der Waals surface area contributed by atoms with Crippen molar-refractivity contribution in [3.8, 4) is 0 Å². The summed E-state index contributed by atoms with van der Waals surface area (Å²) in [6.07, 6.45) is 3.85. The first-order valence-electron chi connectivity index (χ1n) is 8.61. The van der Waals surface area contributed by atoms with Gasteiger partial charge in [0.05, 0.1) is 13.2 Å². The van der Waals surface area contributed by atoms with E-state index in [1.54, 1.807) is 24.4 Å². The third kappa shape index (κ3) is 5.62. The van der Waals surface area contributed by atoms with E-state index in [-0.39, 0.29) is 11.8 Å². The maximum atomic E-state index is 13.4. The van der Waals surface area contributed by atoms with E-state index in [2.05, 4.69) is 4.98 Å². The highest BCUT2D eigenvalue weighted by Gasteiger charge is 2.17. The van der Waals surface area contributed by atoms with E-state index in [0.29, 0.717) is 44.0 Å². The molecule has 2 rings (SSSR count). The number of aromatic nitrogens is 2. The largest absolute Gasteiger partial charge is 0.383 e. The monoisotopic (exact) mass is 365 g/mol. The Morgan fingerprint density at radius 2 is 2.08 bits per heavy atom. The fraction of sp³-hybridized carbons (Fsp3) is 0.474. The molecular formula is C19H25F2N3O2. The predicted octanol–water partition coefficient (Wildman–Crippen LogP) is 3.23. The molecule has 0 aliphatic rings. The fourth-order valence-corrected chi connectivity index (χ4v) is 2.61. The number of hydrogen-bond donors (Lipinski definition) is 0. The number of benzene rings is 1. The Hall–Kier alpha value is -2.28. The molecule has 0 saturated carbocycles. The van der Waals surface area contributed by atoms with E-state index in [0.717, 1.165) is 6.07 Å². The number of imidazole rings is 1. The third-order valence-corrected chi connectivity index (χ3v) is 3.97. The highest BCUT2D eigenvalue weighted by molar-refractivity contribution is 5.76. The molecule has 2 aromatic rings. The smallest absolute Gasteiger partial charge is 0.223 e. The second-order valence-electron chi connectivity index (χ2n) is 6.63. The van der Waals surface area contributed by atoms with Crippen LogP contribution in [0.2, 0.25) is 0 Å². The van der Waals surface area contributed by atoms with Gasteiger partial charge in [0.2, 0.25) is 5.91 Å². The summed E-state index contributed by atoms with van der Waals surface area (Å²) in [6.45, 7) is 5.59. The minimum absolute atomic E-state index is 0.0411. The molecule has 26 heavy (non-hydrogen) atoms. The second kappa shape index (κ2) is 9.43. The van der Waals surface area contributed by atoms with Crippen LogP contribution in [-0.4, -0.2) is 40.6 Å². The van der Waals surface area contributed by atoms with Gasteiger partial charge in [0.25, 0.3) is 0 Å². The van der Waals surface area contributed by atoms with Crippen LogP contribution in [0.25, 0.3) is 0 Å². The number of rotatable bonds is 9. The first-order valence-corrected chi connectivity index (χ1v) is 8.61. The molecule has 0 fully saturated rings. The molecule has 1 heterocycles. The topological polar surface area (TPSA) is 47.4 Å². The number of halogens is 2. The van der Waals surface area contributed by atoms with Gasteiger partial charge >= 0.3 is 0 Å². The van der Waals surface area contributed by atoms with Gasteiger partial charge in [-0.3, -0.25) is 4.79 Å². The van der Waals surface area contributed by atoms with Crippen molar-refractivity contribution in [1.82, 2.24) is 14.5 Å². The molecule has 0 spiro atoms. The average molecular weight is 365 g/mol. The van der Waals surface area contributed by atoms with Crippen molar-refractivity contribution in [3.63, 3.8) is 0 Å². The first-order chi connectivity index (χ1) is 12.4. The highest BCUT2D eigenvalue weighted by Crippen LogP contribution is 2.13. The Bertz CT molecular complexity index is 731. The van der Waals surface area contributed by atoms with Gasteiger partial charge < -0.3 is 14.2 Å². The van der Waals surface area contributed by atoms with E-state index in [1.165, 1.54) is 12.1 Å². The van der Waals surface area contributed by atoms with E-state index in [1.807, 2.05) is 18.4 Å². The van der Waals surface area contributed by atoms with Crippen LogP contribution >= 0.6 is 0 Å². The van der Waals surface area contributed by atoms with Gasteiger partial charge in [-0.1, -0.05) is 19.9 Å². The van der Waals surface area contributed by atoms with Crippen molar-refractivity contribution in [1.29, 1.82) is 0 Å². The molecule has 0 radical (unpaired) electrons. The van der Waals surface area contributed by atoms with Crippen LogP contribution in [0.15, 0.2) is 30.6 Å². The summed E-state index contributed by atoms with van der Waals surface area (Å²) in [5.74, 6) is -0.764. The van der Waals surface area contributed by atoms with Gasteiger partial charge in [-0.05, 0) is 23.6 Å². The van der Waals surface area contributed by atoms with Gasteiger partial charge in [0, 0.05) is 39.0 Å². The van der Waals surface area contributed by atoms with Crippen LogP contribution in [0.1, 0.15) is 31.7 Å². The third-order valence-electron chi connectivity index (χ3n) is 3.97. The highest BCUT2D eigenvalue weighted by atomic mass is 19.2. The van der Waals surface area contributed by atoms with Crippen LogP contribution < -0.4 is 0 Å². The summed E-state index contributed by atoms with van der Waals surface area (Å²) >= 11 is 0. The molecule has 1 aromatic heterocycles. The molecule has 0 saturated heterocycles. The first kappa shape index (κ1) is 20.0. The summed E-state index contributed by atoms with van der Waals surface area (Å²) < 4.78 is 33.4. The molecule has 142 valence electrons. The lowest BCUT2D eigenvalue weighted by Crippen LogP contribution is -2.35. The van der Waals surface area contributed by atoms with E-state index in [4.69, 9.17) is 4.74 Å². The standard InChI is InChI=1S/C19H25F2N3O2/c1-14(2)10-19(25)24(8-9-26-3)13-18-22-6-7-23(18)12-15-4-5-16(20)17(21)11-15/h4-7,11,14H,8-10,12-13H2,1-3H3. The molecule has 7 heteroatoms. The molecular weight excluding hydrogens is 340 g/mol. The van der Waals surface area contributed by atoms with Crippen LogP contribution in [0, 0.1) is 17.6 Å². The van der Waals surface area contributed by atoms with Gasteiger partial charge in [0.15, 0.2) is 11.6 Å². The Kier molecular flexibility index (Phi) is 7.26. The fourth-order valence-electron chi connectivity index (χ4n) is 2.61. The predicted molar refractivity (Wildman–Crippen MR) is 94.4 cm³/mol. The SMILES string of the molecule is COCCN(Cc1nccn1Cc1ccc(F)c(F)c1)C(=O)CC(C)C. The van der Waals surface area contributed by atoms with Crippen LogP contribution in [0.5, 0.6) is 0 Å². The lowest BCUT2D eigenvalue weighted by atomic mass is 10.1. The molecule has 0 unspecified atom stereocenters. The van der Waals surface area contributed by atoms with Crippen LogP contribution in [-0.2, 0) is 22.6 Å². The van der Waals surface area contributed by atoms with Gasteiger partial charge in [-0.25, -0.2) is 13.8 Å². The minimum atomic E-state index is -0.877. The molecule has 0 N–H and O–H groups in total. The van der Waals surface area contributed by atoms with Crippen molar-refractivity contribution in [2.75, 3.05) is 20.3 Å². The molecule has 0 aliphatic carbocycles. The summed E-state index contributed by atoms with van der Waals surface area (Å²) in [5.41, 5.74) is 0.625. The maximum absolute atomic E-state index is 13.4. The summed E-state index contributed by atoms with van der Waals surface area (Å²) in [7, 11) is 1.59. The zero-order chi connectivity index (χ0) is 19.1. The lowest BCUT2D eigenvalue weighted by molar-refractivity contribution is -0.133. The number of hydrogen-bond acceptors (Lipinski definition) is 3. The molecule has 0 bridgehead atoms. The molecule has 0 aliphatic heterocycles. The van der Waals surface area contributed by atoms with Gasteiger partial charge in [-0.15, -0.1) is 0 Å². The zero-order valence-electron chi connectivity index (χ0n) is 15.4. The van der Waals surface area contributed by atoms with Crippen molar-refractivity contribution in [3.05, 3.63) is 53.6 Å². The summed E-state index contributed by atoms with van der Waals surface area (Å²) in [4.78, 5) is 18.5. The maximum Gasteiger partial charge on any atom is 0.223 e. The van der Waals surface area contributed by atoms with E-state index < -0.39 is 11.6 Å². The number of ether oxygens (including phenoxy) is 1. The van der Waals surface area contributed by atoms with Gasteiger partial charge in [-0.2, -0.15) is 0 Å². The zero-order valence-corrected chi connectivity index (χ0v) is 15.4. The normalized spacial score (nSPS) is 11.2. The van der Waals surface area contributed by atoms with E-state index in [9.17, 15) is 13.6 Å². The Labute approximate surface area is 152 Å². The minimum Gasteiger partial charge on any atom is -0.383 e. The number of carbonyl (C=O) groups excluding carboxylic acids is 1. The quantitative estimate of drug-likeness (QED) is 0.685. The Morgan fingerprint density at radius 1 is 1.31 bits per heavy atom. The molecule has 1 aromatic carbocycles. The van der Waals surface area contributed by atoms with Gasteiger partial charge in [0.1, 0.15) is 5.82 Å². The number of methoxy groups -OCH3 is 1. The summed E-state index contributed by atoms with van der Waals surface area (Å²) in [6, 6.07) is 3.82. The van der Waals surface area contributed by atoms with Crippen molar-refractivity contribution in [2.24, 2.45) is 5.92 Å². The molecule has 0 atom stereocenters. The molecule has 1 amide bonds. The van der Waals surface area contributed by atoms with Crippen LogP contribution in [0.3, 0.4) is 0 Å². The van der Waals surface area contributed by atoms with E-state index >= 15 is 0 Å². The van der Waals surface area contributed by atoms with Crippen molar-refractivity contribution >= 4 is 5.91 Å². The van der Waals surface area contributed by atoms with Crippen molar-refractivity contribution < 1.29 is 18.3 Å². The Balaban J connectivity index is 2.13. The number of carbonyl (C=O) groups is 1. The number of nitrogens with zero attached hydrogens (tertiary/aromatic N) is 3. The lowest BCUT2D eigenvalue weighted by Gasteiger charge is -2.23. The number of amides is 1. The second-order valence-corrected chi connectivity index (χ2v) is 6.63. The average Bonchev–Trinajstić information content (AvgIpc) is 3.01. The molecule has 5 nitrogen and oxygen atoms in total. The van der Waals surface area contributed by atoms with Crippen molar-refractivity contribution in [2.45, 2.75) is 33.4 Å². The summed E-state index contributed by atoms with van der Waals surface area (Å²) in [5, 5.41) is 0. The Morgan fingerprint density at radius 3 is 2.73 bits per heavy atom.